The number of hydrogen-bond donors (Lipinski definition) is 2. The fourth-order valence-corrected chi connectivity index (χ4v) is 2.07. The molecule has 92 valence electrons. The first-order valence-electron chi connectivity index (χ1n) is 5.79. The van der Waals surface area contributed by atoms with Crippen molar-refractivity contribution in [2.45, 2.75) is 19.4 Å². The number of aryl methyl sites for hydroxylation is 1. The Hall–Kier alpha value is -1.62. The predicted octanol–water partition coefficient (Wildman–Crippen LogP) is 0.322. The van der Waals surface area contributed by atoms with Crippen LogP contribution in [-0.2, 0) is 11.8 Å². The number of rotatable bonds is 2. The molecule has 1 aromatic rings. The van der Waals surface area contributed by atoms with Crippen LogP contribution in [-0.4, -0.2) is 23.1 Å². The lowest BCUT2D eigenvalue weighted by Crippen LogP contribution is -2.39. The predicted molar refractivity (Wildman–Crippen MR) is 65.9 cm³/mol. The van der Waals surface area contributed by atoms with E-state index in [1.807, 2.05) is 0 Å². The number of anilines is 1. The zero-order valence-corrected chi connectivity index (χ0v) is 10.1. The summed E-state index contributed by atoms with van der Waals surface area (Å²) in [5.74, 6) is 0.316. The maximum absolute atomic E-state index is 12.0. The highest BCUT2D eigenvalue weighted by atomic mass is 16.2. The Balaban J connectivity index is 2.07. The Labute approximate surface area is 99.8 Å². The minimum Gasteiger partial charge on any atom is -0.323 e. The van der Waals surface area contributed by atoms with Crippen molar-refractivity contribution in [2.75, 3.05) is 11.9 Å². The first kappa shape index (κ1) is 11.9. The van der Waals surface area contributed by atoms with Crippen LogP contribution in [0, 0.1) is 5.92 Å². The van der Waals surface area contributed by atoms with E-state index in [4.69, 9.17) is 0 Å². The first-order valence-corrected chi connectivity index (χ1v) is 5.79. The maximum atomic E-state index is 12.0. The van der Waals surface area contributed by atoms with E-state index >= 15 is 0 Å². The summed E-state index contributed by atoms with van der Waals surface area (Å²) in [6, 6.07) is 2.94. The molecular weight excluding hydrogens is 218 g/mol. The first-order chi connectivity index (χ1) is 8.08. The molecule has 5 heteroatoms. The fourth-order valence-electron chi connectivity index (χ4n) is 2.07. The Bertz CT molecular complexity index is 481. The molecule has 2 heterocycles. The van der Waals surface area contributed by atoms with Crippen molar-refractivity contribution >= 4 is 11.6 Å². The van der Waals surface area contributed by atoms with Gasteiger partial charge < -0.3 is 15.2 Å². The zero-order chi connectivity index (χ0) is 12.4. The van der Waals surface area contributed by atoms with Crippen LogP contribution in [0.15, 0.2) is 23.1 Å². The Morgan fingerprint density at radius 2 is 2.29 bits per heavy atom. The van der Waals surface area contributed by atoms with Crippen molar-refractivity contribution in [3.05, 3.63) is 28.7 Å². The van der Waals surface area contributed by atoms with E-state index in [0.29, 0.717) is 11.6 Å². The number of pyridine rings is 1. The molecule has 1 aromatic heterocycles. The van der Waals surface area contributed by atoms with Gasteiger partial charge in [0.1, 0.15) is 0 Å². The maximum Gasteiger partial charge on any atom is 0.250 e. The molecule has 17 heavy (non-hydrogen) atoms. The van der Waals surface area contributed by atoms with Gasteiger partial charge in [0, 0.05) is 19.3 Å². The molecule has 2 unspecified atom stereocenters. The SMILES string of the molecule is CC1CCNC1C(=O)Nc1ccc(=O)n(C)c1. The number of aromatic nitrogens is 1. The Morgan fingerprint density at radius 3 is 2.88 bits per heavy atom. The van der Waals surface area contributed by atoms with E-state index in [1.165, 1.54) is 10.6 Å². The third kappa shape index (κ3) is 2.55. The summed E-state index contributed by atoms with van der Waals surface area (Å²) in [5, 5.41) is 5.99. The molecule has 1 aliphatic rings. The average Bonchev–Trinajstić information content (AvgIpc) is 2.70. The normalized spacial score (nSPS) is 23.6. The third-order valence-electron chi connectivity index (χ3n) is 3.17. The monoisotopic (exact) mass is 235 g/mol. The summed E-state index contributed by atoms with van der Waals surface area (Å²) >= 11 is 0. The zero-order valence-electron chi connectivity index (χ0n) is 10.1. The number of nitrogens with one attached hydrogen (secondary N) is 2. The second-order valence-corrected chi connectivity index (χ2v) is 4.55. The van der Waals surface area contributed by atoms with E-state index < -0.39 is 0 Å². The summed E-state index contributed by atoms with van der Waals surface area (Å²) in [4.78, 5) is 23.2. The van der Waals surface area contributed by atoms with Crippen LogP contribution in [0.2, 0.25) is 0 Å². The molecule has 2 N–H and O–H groups in total. The summed E-state index contributed by atoms with van der Waals surface area (Å²) in [6.07, 6.45) is 2.64. The highest BCUT2D eigenvalue weighted by molar-refractivity contribution is 5.95. The molecule has 1 aliphatic heterocycles. The van der Waals surface area contributed by atoms with E-state index in [9.17, 15) is 9.59 Å². The number of hydrogen-bond acceptors (Lipinski definition) is 3. The lowest BCUT2D eigenvalue weighted by Gasteiger charge is -2.15. The Morgan fingerprint density at radius 1 is 1.53 bits per heavy atom. The molecule has 1 amide bonds. The van der Waals surface area contributed by atoms with E-state index in [1.54, 1.807) is 19.3 Å². The van der Waals surface area contributed by atoms with Gasteiger partial charge >= 0.3 is 0 Å². The van der Waals surface area contributed by atoms with Gasteiger partial charge in [0.05, 0.1) is 11.7 Å². The summed E-state index contributed by atoms with van der Waals surface area (Å²) in [7, 11) is 1.66. The summed E-state index contributed by atoms with van der Waals surface area (Å²) in [6.45, 7) is 2.94. The topological polar surface area (TPSA) is 63.1 Å². The van der Waals surface area contributed by atoms with Crippen LogP contribution in [0.5, 0.6) is 0 Å². The van der Waals surface area contributed by atoms with Gasteiger partial charge in [0.25, 0.3) is 0 Å². The smallest absolute Gasteiger partial charge is 0.250 e. The lowest BCUT2D eigenvalue weighted by atomic mass is 10.0. The minimum atomic E-state index is -0.132. The van der Waals surface area contributed by atoms with Crippen molar-refractivity contribution in [1.29, 1.82) is 0 Å². The number of nitrogens with zero attached hydrogens (tertiary/aromatic N) is 1. The highest BCUT2D eigenvalue weighted by Crippen LogP contribution is 2.16. The van der Waals surface area contributed by atoms with Crippen LogP contribution >= 0.6 is 0 Å². The third-order valence-corrected chi connectivity index (χ3v) is 3.17. The van der Waals surface area contributed by atoms with Gasteiger partial charge in [-0.3, -0.25) is 9.59 Å². The standard InChI is InChI=1S/C12H17N3O2/c1-8-5-6-13-11(8)12(17)14-9-3-4-10(16)15(2)7-9/h3-4,7-8,11,13H,5-6H2,1-2H3,(H,14,17). The van der Waals surface area contributed by atoms with Crippen LogP contribution in [0.3, 0.4) is 0 Å². The quantitative estimate of drug-likeness (QED) is 0.776. The fraction of sp³-hybridized carbons (Fsp3) is 0.500. The van der Waals surface area contributed by atoms with Crippen molar-refractivity contribution in [3.8, 4) is 0 Å². The molecule has 1 saturated heterocycles. The van der Waals surface area contributed by atoms with Crippen LogP contribution in [0.4, 0.5) is 5.69 Å². The molecule has 0 spiro atoms. The second-order valence-electron chi connectivity index (χ2n) is 4.55. The molecule has 0 aliphatic carbocycles. The number of carbonyl (C=O) groups excluding carboxylic acids is 1. The van der Waals surface area contributed by atoms with Crippen LogP contribution < -0.4 is 16.2 Å². The molecule has 0 radical (unpaired) electrons. The van der Waals surface area contributed by atoms with Crippen molar-refractivity contribution in [1.82, 2.24) is 9.88 Å². The molecular formula is C12H17N3O2. The molecule has 2 rings (SSSR count). The molecule has 0 aromatic carbocycles. The largest absolute Gasteiger partial charge is 0.323 e. The van der Waals surface area contributed by atoms with Crippen molar-refractivity contribution in [2.24, 2.45) is 13.0 Å². The van der Waals surface area contributed by atoms with Gasteiger partial charge in [-0.05, 0) is 24.9 Å². The van der Waals surface area contributed by atoms with E-state index in [0.717, 1.165) is 13.0 Å². The number of carbonyl (C=O) groups is 1. The van der Waals surface area contributed by atoms with Crippen LogP contribution in [0.1, 0.15) is 13.3 Å². The minimum absolute atomic E-state index is 0.0337. The van der Waals surface area contributed by atoms with Crippen molar-refractivity contribution < 1.29 is 4.79 Å². The lowest BCUT2D eigenvalue weighted by molar-refractivity contribution is -0.118. The van der Waals surface area contributed by atoms with Crippen LogP contribution in [0.25, 0.3) is 0 Å². The van der Waals surface area contributed by atoms with E-state index in [2.05, 4.69) is 17.6 Å². The van der Waals surface area contributed by atoms with Gasteiger partial charge in [-0.25, -0.2) is 0 Å². The summed E-state index contributed by atoms with van der Waals surface area (Å²) < 4.78 is 1.45. The Kier molecular flexibility index (Phi) is 3.28. The van der Waals surface area contributed by atoms with Gasteiger partial charge in [-0.1, -0.05) is 6.92 Å². The average molecular weight is 235 g/mol. The van der Waals surface area contributed by atoms with Gasteiger partial charge in [-0.2, -0.15) is 0 Å². The molecule has 0 bridgehead atoms. The molecule has 5 nitrogen and oxygen atoms in total. The molecule has 2 atom stereocenters. The second kappa shape index (κ2) is 4.71. The summed E-state index contributed by atoms with van der Waals surface area (Å²) in [5.41, 5.74) is 0.563. The number of amides is 1. The molecule has 1 fully saturated rings. The highest BCUT2D eigenvalue weighted by Gasteiger charge is 2.29. The van der Waals surface area contributed by atoms with Crippen molar-refractivity contribution in [3.63, 3.8) is 0 Å². The van der Waals surface area contributed by atoms with E-state index in [-0.39, 0.29) is 17.5 Å². The van der Waals surface area contributed by atoms with Gasteiger partial charge in [-0.15, -0.1) is 0 Å². The van der Waals surface area contributed by atoms with Gasteiger partial charge in [0.2, 0.25) is 11.5 Å². The molecule has 0 saturated carbocycles. The van der Waals surface area contributed by atoms with Gasteiger partial charge in [0.15, 0.2) is 0 Å².